The molecular formula is C25H25ClN2O4S. The van der Waals surface area contributed by atoms with Crippen LogP contribution in [-0.4, -0.2) is 60.5 Å². The number of para-hydroxylation sites is 1. The highest BCUT2D eigenvalue weighted by atomic mass is 35.5. The van der Waals surface area contributed by atoms with Crippen molar-refractivity contribution in [1.29, 1.82) is 0 Å². The molecule has 1 aromatic heterocycles. The van der Waals surface area contributed by atoms with Gasteiger partial charge in [-0.1, -0.05) is 29.8 Å². The Morgan fingerprint density at radius 3 is 2.45 bits per heavy atom. The maximum atomic E-state index is 13.5. The molecule has 0 N–H and O–H groups in total. The highest BCUT2D eigenvalue weighted by Gasteiger charge is 2.33. The Morgan fingerprint density at radius 2 is 1.73 bits per heavy atom. The standard InChI is InChI=1S/C25H25ClN2O4S/c26-17-7-9-18(10-8-17)33-16-20-19-4-1-2-5-21(19)32-23(20)25(30)28-13-11-27(12-14-28)24(29)22-6-3-15-31-22/h1-2,4-5,7-10,22H,3,6,11-16H2. The maximum absolute atomic E-state index is 13.5. The van der Waals surface area contributed by atoms with Crippen LogP contribution in [0.5, 0.6) is 0 Å². The zero-order valence-electron chi connectivity index (χ0n) is 18.2. The number of nitrogens with zero attached hydrogens (tertiary/aromatic N) is 2. The second-order valence-electron chi connectivity index (χ2n) is 8.27. The fraction of sp³-hybridized carbons (Fsp3) is 0.360. The monoisotopic (exact) mass is 484 g/mol. The van der Waals surface area contributed by atoms with E-state index < -0.39 is 0 Å². The molecule has 33 heavy (non-hydrogen) atoms. The van der Waals surface area contributed by atoms with E-state index in [4.69, 9.17) is 20.8 Å². The maximum Gasteiger partial charge on any atom is 0.290 e. The predicted molar refractivity (Wildman–Crippen MR) is 129 cm³/mol. The second kappa shape index (κ2) is 9.79. The number of halogens is 1. The first-order chi connectivity index (χ1) is 16.1. The van der Waals surface area contributed by atoms with E-state index in [1.54, 1.807) is 16.7 Å². The Hall–Kier alpha value is -2.48. The highest BCUT2D eigenvalue weighted by molar-refractivity contribution is 7.98. The minimum absolute atomic E-state index is 0.0448. The summed E-state index contributed by atoms with van der Waals surface area (Å²) in [4.78, 5) is 30.8. The van der Waals surface area contributed by atoms with Crippen LogP contribution in [-0.2, 0) is 15.3 Å². The summed E-state index contributed by atoms with van der Waals surface area (Å²) >= 11 is 7.65. The lowest BCUT2D eigenvalue weighted by molar-refractivity contribution is -0.142. The van der Waals surface area contributed by atoms with Gasteiger partial charge in [0.15, 0.2) is 5.76 Å². The van der Waals surface area contributed by atoms with Gasteiger partial charge in [-0.05, 0) is 43.2 Å². The molecule has 2 aliphatic rings. The number of benzene rings is 2. The van der Waals surface area contributed by atoms with E-state index in [0.717, 1.165) is 28.7 Å². The Bertz CT molecular complexity index is 1150. The minimum Gasteiger partial charge on any atom is -0.451 e. The lowest BCUT2D eigenvalue weighted by Crippen LogP contribution is -2.52. The Kier molecular flexibility index (Phi) is 6.62. The summed E-state index contributed by atoms with van der Waals surface area (Å²) in [5.41, 5.74) is 1.60. The van der Waals surface area contributed by atoms with Gasteiger partial charge >= 0.3 is 0 Å². The molecule has 1 atom stereocenters. The highest BCUT2D eigenvalue weighted by Crippen LogP contribution is 2.33. The van der Waals surface area contributed by atoms with Gasteiger partial charge in [-0.2, -0.15) is 0 Å². The molecule has 1 unspecified atom stereocenters. The van der Waals surface area contributed by atoms with Crippen molar-refractivity contribution in [2.75, 3.05) is 32.8 Å². The van der Waals surface area contributed by atoms with Gasteiger partial charge in [-0.15, -0.1) is 11.8 Å². The smallest absolute Gasteiger partial charge is 0.290 e. The summed E-state index contributed by atoms with van der Waals surface area (Å²) in [6.45, 7) is 2.65. The molecule has 3 heterocycles. The molecule has 8 heteroatoms. The van der Waals surface area contributed by atoms with Gasteiger partial charge in [0.25, 0.3) is 11.8 Å². The van der Waals surface area contributed by atoms with Gasteiger partial charge in [0.05, 0.1) is 0 Å². The van der Waals surface area contributed by atoms with Crippen LogP contribution in [0.25, 0.3) is 11.0 Å². The number of carbonyl (C=O) groups is 2. The van der Waals surface area contributed by atoms with Gasteiger partial charge in [-0.25, -0.2) is 0 Å². The van der Waals surface area contributed by atoms with Crippen LogP contribution in [0.1, 0.15) is 29.0 Å². The van der Waals surface area contributed by atoms with Crippen LogP contribution in [0.2, 0.25) is 5.02 Å². The summed E-state index contributed by atoms with van der Waals surface area (Å²) in [5.74, 6) is 0.916. The van der Waals surface area contributed by atoms with Crippen molar-refractivity contribution in [2.45, 2.75) is 29.6 Å². The molecule has 3 aromatic rings. The van der Waals surface area contributed by atoms with Crippen molar-refractivity contribution in [1.82, 2.24) is 9.80 Å². The number of rotatable bonds is 5. The van der Waals surface area contributed by atoms with Gasteiger partial charge < -0.3 is 19.0 Å². The molecule has 2 aliphatic heterocycles. The van der Waals surface area contributed by atoms with Crippen LogP contribution in [0, 0.1) is 0 Å². The minimum atomic E-state index is -0.320. The number of hydrogen-bond acceptors (Lipinski definition) is 5. The van der Waals surface area contributed by atoms with Crippen molar-refractivity contribution >= 4 is 46.1 Å². The molecule has 172 valence electrons. The molecule has 0 saturated carbocycles. The van der Waals surface area contributed by atoms with Crippen LogP contribution in [0.15, 0.2) is 57.8 Å². The molecule has 0 aliphatic carbocycles. The van der Waals surface area contributed by atoms with Gasteiger partial charge in [0.2, 0.25) is 0 Å². The third-order valence-electron chi connectivity index (χ3n) is 6.17. The number of piperazine rings is 1. The largest absolute Gasteiger partial charge is 0.451 e. The zero-order chi connectivity index (χ0) is 22.8. The molecule has 0 spiro atoms. The number of thioether (sulfide) groups is 1. The molecule has 0 radical (unpaired) electrons. The third kappa shape index (κ3) is 4.76. The second-order valence-corrected chi connectivity index (χ2v) is 9.75. The van der Waals surface area contributed by atoms with Crippen molar-refractivity contribution in [2.24, 2.45) is 0 Å². The van der Waals surface area contributed by atoms with Crippen molar-refractivity contribution in [3.8, 4) is 0 Å². The summed E-state index contributed by atoms with van der Waals surface area (Å²) in [5, 5.41) is 1.65. The summed E-state index contributed by atoms with van der Waals surface area (Å²) in [6.07, 6.45) is 1.39. The topological polar surface area (TPSA) is 63.0 Å². The van der Waals surface area contributed by atoms with E-state index in [1.165, 1.54) is 0 Å². The quantitative estimate of drug-likeness (QED) is 0.485. The van der Waals surface area contributed by atoms with Crippen molar-refractivity contribution < 1.29 is 18.7 Å². The molecule has 2 amide bonds. The lowest BCUT2D eigenvalue weighted by Gasteiger charge is -2.35. The van der Waals surface area contributed by atoms with Crippen LogP contribution >= 0.6 is 23.4 Å². The summed E-state index contributed by atoms with van der Waals surface area (Å²) in [7, 11) is 0. The SMILES string of the molecule is O=C(c1oc2ccccc2c1CSc1ccc(Cl)cc1)N1CCN(C(=O)C2CCCO2)CC1. The Morgan fingerprint density at radius 1 is 1.00 bits per heavy atom. The molecule has 6 nitrogen and oxygen atoms in total. The fourth-order valence-electron chi connectivity index (χ4n) is 4.35. The van der Waals surface area contributed by atoms with E-state index in [9.17, 15) is 9.59 Å². The van der Waals surface area contributed by atoms with Gasteiger partial charge in [0, 0.05) is 59.4 Å². The third-order valence-corrected chi connectivity index (χ3v) is 7.46. The van der Waals surface area contributed by atoms with Gasteiger partial charge in [-0.3, -0.25) is 9.59 Å². The zero-order valence-corrected chi connectivity index (χ0v) is 19.7. The molecule has 5 rings (SSSR count). The summed E-state index contributed by atoms with van der Waals surface area (Å²) in [6, 6.07) is 15.4. The molecular weight excluding hydrogens is 460 g/mol. The van der Waals surface area contributed by atoms with E-state index in [0.29, 0.717) is 54.9 Å². The lowest BCUT2D eigenvalue weighted by atomic mass is 10.1. The number of fused-ring (bicyclic) bond motifs is 1. The van der Waals surface area contributed by atoms with Crippen LogP contribution < -0.4 is 0 Å². The van der Waals surface area contributed by atoms with E-state index in [-0.39, 0.29) is 17.9 Å². The predicted octanol–water partition coefficient (Wildman–Crippen LogP) is 4.84. The average molecular weight is 485 g/mol. The number of amides is 2. The first-order valence-electron chi connectivity index (χ1n) is 11.2. The molecule has 2 saturated heterocycles. The first-order valence-corrected chi connectivity index (χ1v) is 12.5. The Balaban J connectivity index is 1.31. The average Bonchev–Trinajstić information content (AvgIpc) is 3.51. The molecule has 2 fully saturated rings. The number of furan rings is 1. The first kappa shape index (κ1) is 22.3. The van der Waals surface area contributed by atoms with Crippen molar-refractivity contribution in [3.05, 3.63) is 64.9 Å². The summed E-state index contributed by atoms with van der Waals surface area (Å²) < 4.78 is 11.6. The van der Waals surface area contributed by atoms with E-state index >= 15 is 0 Å². The van der Waals surface area contributed by atoms with Gasteiger partial charge in [0.1, 0.15) is 11.7 Å². The fourth-order valence-corrected chi connectivity index (χ4v) is 5.40. The number of hydrogen-bond donors (Lipinski definition) is 0. The molecule has 0 bridgehead atoms. The molecule has 2 aromatic carbocycles. The van der Waals surface area contributed by atoms with E-state index in [2.05, 4.69) is 0 Å². The van der Waals surface area contributed by atoms with Crippen LogP contribution in [0.3, 0.4) is 0 Å². The number of carbonyl (C=O) groups excluding carboxylic acids is 2. The Labute approximate surface area is 201 Å². The van der Waals surface area contributed by atoms with Crippen LogP contribution in [0.4, 0.5) is 0 Å². The number of ether oxygens (including phenoxy) is 1. The normalized spacial score (nSPS) is 18.8. The van der Waals surface area contributed by atoms with Crippen molar-refractivity contribution in [3.63, 3.8) is 0 Å². The van der Waals surface area contributed by atoms with E-state index in [1.807, 2.05) is 53.4 Å².